The van der Waals surface area contributed by atoms with E-state index in [-0.39, 0.29) is 39.8 Å². The normalized spacial score (nSPS) is 10.2. The summed E-state index contributed by atoms with van der Waals surface area (Å²) in [5, 5.41) is 0.648. The topological polar surface area (TPSA) is 147 Å². The third-order valence-corrected chi connectivity index (χ3v) is 5.38. The molecule has 0 amide bonds. The van der Waals surface area contributed by atoms with Crippen LogP contribution in [0.2, 0.25) is 0 Å². The Morgan fingerprint density at radius 1 is 0.829 bits per heavy atom. The van der Waals surface area contributed by atoms with Crippen molar-refractivity contribution < 1.29 is 38.1 Å². The van der Waals surface area contributed by atoms with Gasteiger partial charge in [-0.25, -0.2) is 0 Å². The van der Waals surface area contributed by atoms with Crippen molar-refractivity contribution in [3.05, 3.63) is 39.1 Å². The molecule has 0 fully saturated rings. The summed E-state index contributed by atoms with van der Waals surface area (Å²) in [6.45, 7) is 4.81. The van der Waals surface area contributed by atoms with Gasteiger partial charge in [-0.1, -0.05) is 11.8 Å². The maximum Gasteiger partial charge on any atom is 0.308 e. The van der Waals surface area contributed by atoms with Gasteiger partial charge in [-0.05, 0) is 34.7 Å². The molecule has 0 saturated heterocycles. The van der Waals surface area contributed by atoms with Crippen molar-refractivity contribution >= 4 is 63.1 Å². The summed E-state index contributed by atoms with van der Waals surface area (Å²) in [5.41, 5.74) is 7.39. The number of nitrogens with one attached hydrogen (secondary N) is 1. The molecule has 1 heterocycles. The molecule has 3 rings (SSSR count). The van der Waals surface area contributed by atoms with Crippen LogP contribution in [-0.2, 0) is 19.2 Å². The van der Waals surface area contributed by atoms with Gasteiger partial charge in [0, 0.05) is 45.3 Å². The zero-order valence-electron chi connectivity index (χ0n) is 19.0. The van der Waals surface area contributed by atoms with E-state index in [1.54, 1.807) is 18.3 Å². The van der Waals surface area contributed by atoms with Crippen molar-refractivity contribution in [2.24, 2.45) is 0 Å². The molecule has 180 valence electrons. The molecule has 0 radical (unpaired) electrons. The second kappa shape index (κ2) is 10.5. The number of rotatable bonds is 4. The highest BCUT2D eigenvalue weighted by Crippen LogP contribution is 2.40. The van der Waals surface area contributed by atoms with E-state index in [1.165, 1.54) is 33.8 Å². The minimum Gasteiger partial charge on any atom is -0.423 e. The summed E-state index contributed by atoms with van der Waals surface area (Å²) in [5.74, 6) is 3.15. The first kappa shape index (κ1) is 25.6. The minimum absolute atomic E-state index is 0.0115. The summed E-state index contributed by atoms with van der Waals surface area (Å²) < 4.78 is 21.3. The minimum atomic E-state index is -0.649. The van der Waals surface area contributed by atoms with Gasteiger partial charge in [0.2, 0.25) is 0 Å². The maximum absolute atomic E-state index is 11.8. The van der Waals surface area contributed by atoms with Crippen LogP contribution in [0.1, 0.15) is 38.8 Å². The Morgan fingerprint density at radius 3 is 1.94 bits per heavy atom. The zero-order valence-corrected chi connectivity index (χ0v) is 21.2. The standard InChI is InChI=1S/C24H19IN2O8/c1-11(28)32-18-10-16-7-8-27-22(16)17(23(18)34-13(3)30)6-5-15-9-19(33-12(2)29)24(35-14(4)31)20(25)21(15)26/h7-10,27H,26H2,1-4H3. The van der Waals surface area contributed by atoms with Crippen molar-refractivity contribution in [3.63, 3.8) is 0 Å². The van der Waals surface area contributed by atoms with Gasteiger partial charge in [-0.15, -0.1) is 0 Å². The lowest BCUT2D eigenvalue weighted by Crippen LogP contribution is -2.10. The lowest BCUT2D eigenvalue weighted by atomic mass is 10.1. The van der Waals surface area contributed by atoms with Crippen LogP contribution in [0.3, 0.4) is 0 Å². The number of ether oxygens (including phenoxy) is 4. The number of carbonyl (C=O) groups excluding carboxylic acids is 4. The van der Waals surface area contributed by atoms with Crippen LogP contribution in [0.15, 0.2) is 24.4 Å². The molecule has 11 heteroatoms. The highest BCUT2D eigenvalue weighted by Gasteiger charge is 2.21. The van der Waals surface area contributed by atoms with E-state index >= 15 is 0 Å². The van der Waals surface area contributed by atoms with E-state index in [4.69, 9.17) is 24.7 Å². The van der Waals surface area contributed by atoms with Gasteiger partial charge in [0.05, 0.1) is 25.9 Å². The molecule has 35 heavy (non-hydrogen) atoms. The molecule has 0 aliphatic rings. The van der Waals surface area contributed by atoms with Crippen molar-refractivity contribution in [1.82, 2.24) is 4.98 Å². The van der Waals surface area contributed by atoms with Gasteiger partial charge in [-0.2, -0.15) is 0 Å². The summed E-state index contributed by atoms with van der Waals surface area (Å²) in [6, 6.07) is 4.63. The van der Waals surface area contributed by atoms with Crippen LogP contribution in [0.25, 0.3) is 10.9 Å². The number of anilines is 1. The quantitative estimate of drug-likeness (QED) is 0.153. The first-order valence-corrected chi connectivity index (χ1v) is 11.1. The first-order chi connectivity index (χ1) is 16.5. The number of esters is 4. The van der Waals surface area contributed by atoms with Crippen LogP contribution >= 0.6 is 22.6 Å². The summed E-state index contributed by atoms with van der Waals surface area (Å²) in [6.07, 6.45) is 1.65. The number of H-pyrrole nitrogens is 1. The number of nitrogens with two attached hydrogens (primary N) is 1. The molecule has 0 bridgehead atoms. The lowest BCUT2D eigenvalue weighted by molar-refractivity contribution is -0.134. The number of halogens is 1. The molecular formula is C24H19IN2O8. The van der Waals surface area contributed by atoms with Gasteiger partial charge in [0.1, 0.15) is 0 Å². The fourth-order valence-electron chi connectivity index (χ4n) is 3.08. The number of nitrogen functional groups attached to an aromatic ring is 1. The third-order valence-electron chi connectivity index (χ3n) is 4.31. The number of aromatic nitrogens is 1. The molecule has 0 atom stereocenters. The Morgan fingerprint density at radius 2 is 1.37 bits per heavy atom. The highest BCUT2D eigenvalue weighted by atomic mass is 127. The molecule has 3 N–H and O–H groups in total. The molecule has 3 aromatic rings. The van der Waals surface area contributed by atoms with Crippen LogP contribution in [0.4, 0.5) is 5.69 Å². The van der Waals surface area contributed by atoms with Crippen molar-refractivity contribution in [1.29, 1.82) is 0 Å². The van der Waals surface area contributed by atoms with Gasteiger partial charge in [-0.3, -0.25) is 19.2 Å². The number of aromatic amines is 1. The predicted octanol–water partition coefficient (Wildman–Crippen LogP) is 3.46. The summed E-state index contributed by atoms with van der Waals surface area (Å²) >= 11 is 1.85. The van der Waals surface area contributed by atoms with E-state index in [9.17, 15) is 19.2 Å². The Bertz CT molecular complexity index is 1450. The zero-order chi connectivity index (χ0) is 25.9. The second-order valence-corrected chi connectivity index (χ2v) is 8.20. The van der Waals surface area contributed by atoms with Gasteiger partial charge >= 0.3 is 23.9 Å². The van der Waals surface area contributed by atoms with Crippen LogP contribution in [-0.4, -0.2) is 28.9 Å². The molecule has 0 aliphatic heterocycles. The molecule has 2 aromatic carbocycles. The van der Waals surface area contributed by atoms with Crippen molar-refractivity contribution in [2.75, 3.05) is 5.73 Å². The average Bonchev–Trinajstić information content (AvgIpc) is 3.20. The largest absolute Gasteiger partial charge is 0.423 e. The number of benzene rings is 2. The molecule has 0 spiro atoms. The number of carbonyl (C=O) groups is 4. The second-order valence-electron chi connectivity index (χ2n) is 7.12. The molecule has 0 unspecified atom stereocenters. The summed E-state index contributed by atoms with van der Waals surface area (Å²) in [7, 11) is 0. The molecule has 10 nitrogen and oxygen atoms in total. The predicted molar refractivity (Wildman–Crippen MR) is 133 cm³/mol. The average molecular weight is 590 g/mol. The van der Waals surface area contributed by atoms with E-state index in [0.29, 0.717) is 14.5 Å². The number of hydrogen-bond acceptors (Lipinski definition) is 9. The fraction of sp³-hybridized carbons (Fsp3) is 0.167. The first-order valence-electron chi connectivity index (χ1n) is 9.99. The van der Waals surface area contributed by atoms with Crippen molar-refractivity contribution in [3.8, 4) is 34.8 Å². The number of fused-ring (bicyclic) bond motifs is 1. The monoisotopic (exact) mass is 590 g/mol. The van der Waals surface area contributed by atoms with Gasteiger partial charge < -0.3 is 29.7 Å². The molecular weight excluding hydrogens is 571 g/mol. The fourth-order valence-corrected chi connectivity index (χ4v) is 3.75. The SMILES string of the molecule is CC(=O)Oc1cc(C#Cc2c(OC(C)=O)c(OC(C)=O)cc3cc[nH]c23)c(N)c(I)c1OC(C)=O. The van der Waals surface area contributed by atoms with E-state index < -0.39 is 23.9 Å². The Hall–Kier alpha value is -4.05. The smallest absolute Gasteiger partial charge is 0.308 e. The van der Waals surface area contributed by atoms with Crippen LogP contribution in [0, 0.1) is 15.4 Å². The Balaban J connectivity index is 2.26. The van der Waals surface area contributed by atoms with E-state index in [0.717, 1.165) is 0 Å². The van der Waals surface area contributed by atoms with Gasteiger partial charge in [0.25, 0.3) is 0 Å². The Labute approximate surface area is 213 Å². The van der Waals surface area contributed by atoms with Crippen molar-refractivity contribution in [2.45, 2.75) is 27.7 Å². The summed E-state index contributed by atoms with van der Waals surface area (Å²) in [4.78, 5) is 49.6. The van der Waals surface area contributed by atoms with Gasteiger partial charge in [0.15, 0.2) is 23.0 Å². The van der Waals surface area contributed by atoms with Crippen LogP contribution < -0.4 is 24.7 Å². The molecule has 0 saturated carbocycles. The van der Waals surface area contributed by atoms with Crippen LogP contribution in [0.5, 0.6) is 23.0 Å². The molecule has 1 aromatic heterocycles. The number of hydrogen-bond donors (Lipinski definition) is 2. The highest BCUT2D eigenvalue weighted by molar-refractivity contribution is 14.1. The van der Waals surface area contributed by atoms with E-state index in [2.05, 4.69) is 16.8 Å². The van der Waals surface area contributed by atoms with E-state index in [1.807, 2.05) is 22.6 Å². The lowest BCUT2D eigenvalue weighted by Gasteiger charge is -2.14. The maximum atomic E-state index is 11.8. The molecule has 0 aliphatic carbocycles. The third kappa shape index (κ3) is 5.90. The Kier molecular flexibility index (Phi) is 7.65.